The monoisotopic (exact) mass is 277 g/mol. The molecule has 1 nitrogen and oxygen atoms in total. The molecule has 2 aromatic carbocycles. The van der Waals surface area contributed by atoms with Crippen LogP contribution < -0.4 is 5.32 Å². The highest BCUT2D eigenvalue weighted by atomic mass is 35.5. The minimum atomic E-state index is -0.189. The number of nitrogens with one attached hydrogen (secondary N) is 1. The van der Waals surface area contributed by atoms with Gasteiger partial charge in [-0.3, -0.25) is 0 Å². The van der Waals surface area contributed by atoms with Gasteiger partial charge in [0.15, 0.2) is 0 Å². The molecule has 0 saturated carbocycles. The third-order valence-corrected chi connectivity index (χ3v) is 3.55. The van der Waals surface area contributed by atoms with Crippen LogP contribution >= 0.6 is 12.4 Å². The molecule has 1 N–H and O–H groups in total. The largest absolute Gasteiger partial charge is 0.310 e. The first-order valence-corrected chi connectivity index (χ1v) is 6.42. The molecule has 1 heterocycles. The summed E-state index contributed by atoms with van der Waals surface area (Å²) in [5.41, 5.74) is 3.54. The highest BCUT2D eigenvalue weighted by Gasteiger charge is 2.15. The summed E-state index contributed by atoms with van der Waals surface area (Å²) in [6.07, 6.45) is 2.47. The maximum absolute atomic E-state index is 12.9. The lowest BCUT2D eigenvalue weighted by Gasteiger charge is -2.11. The molecule has 1 saturated heterocycles. The van der Waals surface area contributed by atoms with Crippen LogP contribution in [0.3, 0.4) is 0 Å². The fraction of sp³-hybridized carbons (Fsp3) is 0.250. The summed E-state index contributed by atoms with van der Waals surface area (Å²) in [4.78, 5) is 0. The Labute approximate surface area is 119 Å². The Morgan fingerprint density at radius 1 is 0.895 bits per heavy atom. The Bertz CT molecular complexity index is 515. The number of benzene rings is 2. The first-order chi connectivity index (χ1) is 8.83. The van der Waals surface area contributed by atoms with Crippen molar-refractivity contribution in [3.05, 3.63) is 59.9 Å². The first kappa shape index (κ1) is 14.0. The molecule has 1 unspecified atom stereocenters. The smallest absolute Gasteiger partial charge is 0.123 e. The lowest BCUT2D eigenvalue weighted by molar-refractivity contribution is 0.628. The van der Waals surface area contributed by atoms with E-state index in [2.05, 4.69) is 29.6 Å². The van der Waals surface area contributed by atoms with Gasteiger partial charge in [-0.1, -0.05) is 36.4 Å². The van der Waals surface area contributed by atoms with Gasteiger partial charge in [0.05, 0.1) is 0 Å². The molecule has 0 aliphatic carbocycles. The first-order valence-electron chi connectivity index (χ1n) is 6.42. The van der Waals surface area contributed by atoms with Crippen LogP contribution in [0.1, 0.15) is 24.4 Å². The number of rotatable bonds is 2. The molecule has 2 aromatic rings. The number of halogens is 2. The van der Waals surface area contributed by atoms with Crippen LogP contribution in [-0.4, -0.2) is 6.54 Å². The molecule has 0 spiro atoms. The highest BCUT2D eigenvalue weighted by Crippen LogP contribution is 2.26. The Balaban J connectivity index is 0.00000133. The van der Waals surface area contributed by atoms with Crippen LogP contribution in [0.2, 0.25) is 0 Å². The standard InChI is InChI=1S/C16H16FN.ClH/c17-15-9-7-13(8-10-15)12-3-5-14(6-4-12)16-2-1-11-18-16;/h3-10,16,18H,1-2,11H2;1H. The van der Waals surface area contributed by atoms with Crippen molar-refractivity contribution in [2.45, 2.75) is 18.9 Å². The van der Waals surface area contributed by atoms with Crippen LogP contribution in [0, 0.1) is 5.82 Å². The van der Waals surface area contributed by atoms with Crippen molar-refractivity contribution in [1.29, 1.82) is 0 Å². The normalized spacial score (nSPS) is 18.1. The van der Waals surface area contributed by atoms with Crippen molar-refractivity contribution in [2.75, 3.05) is 6.54 Å². The van der Waals surface area contributed by atoms with Crippen LogP contribution in [0.4, 0.5) is 4.39 Å². The minimum absolute atomic E-state index is 0. The Hall–Kier alpha value is -1.38. The van der Waals surface area contributed by atoms with E-state index in [1.807, 2.05) is 12.1 Å². The van der Waals surface area contributed by atoms with Gasteiger partial charge in [0.25, 0.3) is 0 Å². The molecule has 1 aliphatic heterocycles. The molecule has 1 atom stereocenters. The third-order valence-electron chi connectivity index (χ3n) is 3.55. The lowest BCUT2D eigenvalue weighted by Crippen LogP contribution is -2.12. The highest BCUT2D eigenvalue weighted by molar-refractivity contribution is 5.85. The average molecular weight is 278 g/mol. The maximum atomic E-state index is 12.9. The van der Waals surface area contributed by atoms with Gasteiger partial charge < -0.3 is 5.32 Å². The fourth-order valence-electron chi connectivity index (χ4n) is 2.52. The predicted molar refractivity (Wildman–Crippen MR) is 79.1 cm³/mol. The lowest BCUT2D eigenvalue weighted by atomic mass is 10.00. The zero-order valence-electron chi connectivity index (χ0n) is 10.6. The third kappa shape index (κ3) is 3.14. The minimum Gasteiger partial charge on any atom is -0.310 e. The van der Waals surface area contributed by atoms with Gasteiger partial charge in [-0.25, -0.2) is 4.39 Å². The summed E-state index contributed by atoms with van der Waals surface area (Å²) in [5, 5.41) is 3.49. The Morgan fingerprint density at radius 3 is 2.00 bits per heavy atom. The summed E-state index contributed by atoms with van der Waals surface area (Å²) >= 11 is 0. The Morgan fingerprint density at radius 2 is 1.47 bits per heavy atom. The number of hydrogen-bond donors (Lipinski definition) is 1. The van der Waals surface area contributed by atoms with Crippen LogP contribution in [0.15, 0.2) is 48.5 Å². The summed E-state index contributed by atoms with van der Waals surface area (Å²) < 4.78 is 12.9. The molecule has 0 bridgehead atoms. The van der Waals surface area contributed by atoms with Crippen molar-refractivity contribution in [3.8, 4) is 11.1 Å². The SMILES string of the molecule is Cl.Fc1ccc(-c2ccc(C3CCCN3)cc2)cc1. The molecule has 1 aliphatic rings. The average Bonchev–Trinajstić information content (AvgIpc) is 2.94. The maximum Gasteiger partial charge on any atom is 0.123 e. The Kier molecular flexibility index (Phi) is 4.56. The van der Waals surface area contributed by atoms with E-state index < -0.39 is 0 Å². The van der Waals surface area contributed by atoms with Gasteiger partial charge in [-0.05, 0) is 48.2 Å². The molecule has 0 radical (unpaired) electrons. The molecule has 3 heteroatoms. The summed E-state index contributed by atoms with van der Waals surface area (Å²) in [6, 6.07) is 15.7. The molecular formula is C16H17ClFN. The van der Waals surface area contributed by atoms with Gasteiger partial charge >= 0.3 is 0 Å². The zero-order chi connectivity index (χ0) is 12.4. The molecule has 0 aromatic heterocycles. The quantitative estimate of drug-likeness (QED) is 0.861. The van der Waals surface area contributed by atoms with Crippen molar-refractivity contribution >= 4 is 12.4 Å². The molecule has 1 fully saturated rings. The van der Waals surface area contributed by atoms with Gasteiger partial charge in [0, 0.05) is 6.04 Å². The van der Waals surface area contributed by atoms with Crippen molar-refractivity contribution < 1.29 is 4.39 Å². The van der Waals surface area contributed by atoms with Crippen molar-refractivity contribution in [2.24, 2.45) is 0 Å². The molecular weight excluding hydrogens is 261 g/mol. The van der Waals surface area contributed by atoms with Crippen LogP contribution in [0.25, 0.3) is 11.1 Å². The van der Waals surface area contributed by atoms with Gasteiger partial charge in [-0.2, -0.15) is 0 Å². The van der Waals surface area contributed by atoms with E-state index in [0.717, 1.165) is 17.7 Å². The van der Waals surface area contributed by atoms with E-state index in [1.165, 1.54) is 30.5 Å². The second-order valence-electron chi connectivity index (χ2n) is 4.78. The van der Waals surface area contributed by atoms with Crippen LogP contribution in [-0.2, 0) is 0 Å². The fourth-order valence-corrected chi connectivity index (χ4v) is 2.52. The van der Waals surface area contributed by atoms with E-state index >= 15 is 0 Å². The molecule has 0 amide bonds. The number of hydrogen-bond acceptors (Lipinski definition) is 1. The second kappa shape index (κ2) is 6.18. The predicted octanol–water partition coefficient (Wildman–Crippen LogP) is 4.34. The molecule has 3 rings (SSSR count). The van der Waals surface area contributed by atoms with Crippen molar-refractivity contribution in [1.82, 2.24) is 5.32 Å². The van der Waals surface area contributed by atoms with Gasteiger partial charge in [-0.15, -0.1) is 12.4 Å². The van der Waals surface area contributed by atoms with E-state index in [4.69, 9.17) is 0 Å². The molecule has 19 heavy (non-hydrogen) atoms. The van der Waals surface area contributed by atoms with E-state index in [0.29, 0.717) is 6.04 Å². The van der Waals surface area contributed by atoms with Crippen LogP contribution in [0.5, 0.6) is 0 Å². The van der Waals surface area contributed by atoms with E-state index in [1.54, 1.807) is 0 Å². The van der Waals surface area contributed by atoms with Gasteiger partial charge in [0.2, 0.25) is 0 Å². The van der Waals surface area contributed by atoms with Crippen molar-refractivity contribution in [3.63, 3.8) is 0 Å². The topological polar surface area (TPSA) is 12.0 Å². The zero-order valence-corrected chi connectivity index (χ0v) is 11.4. The van der Waals surface area contributed by atoms with Gasteiger partial charge in [0.1, 0.15) is 5.82 Å². The summed E-state index contributed by atoms with van der Waals surface area (Å²) in [7, 11) is 0. The van der Waals surface area contributed by atoms with E-state index in [-0.39, 0.29) is 18.2 Å². The summed E-state index contributed by atoms with van der Waals surface area (Å²) in [6.45, 7) is 1.12. The molecule has 100 valence electrons. The van der Waals surface area contributed by atoms with E-state index in [9.17, 15) is 4.39 Å². The second-order valence-corrected chi connectivity index (χ2v) is 4.78. The summed E-state index contributed by atoms with van der Waals surface area (Å²) in [5.74, 6) is -0.189.